The smallest absolute Gasteiger partial charge is 0.344 e. The first-order valence-corrected chi connectivity index (χ1v) is 15.8. The molecule has 2 fully saturated rings. The molecule has 0 aromatic heterocycles. The van der Waals surface area contributed by atoms with Gasteiger partial charge in [0, 0.05) is 33.3 Å². The van der Waals surface area contributed by atoms with Crippen LogP contribution in [-0.2, 0) is 19.1 Å². The van der Waals surface area contributed by atoms with E-state index < -0.39 is 47.8 Å². The second-order valence-corrected chi connectivity index (χ2v) is 12.3. The van der Waals surface area contributed by atoms with Crippen molar-refractivity contribution in [1.82, 2.24) is 20.0 Å². The number of carboxylic acids is 1. The third-order valence-electron chi connectivity index (χ3n) is 9.46. The largest absolute Gasteiger partial charge is 0.479 e. The fraction of sp³-hybridized carbons (Fsp3) is 0.471. The minimum atomic E-state index is -1.40. The number of carbonyl (C=O) groups is 4. The summed E-state index contributed by atoms with van der Waals surface area (Å²) in [6.45, 7) is 2.43. The highest BCUT2D eigenvalue weighted by molar-refractivity contribution is 6.01. The molecule has 12 nitrogen and oxygen atoms in total. The summed E-state index contributed by atoms with van der Waals surface area (Å²) in [4.78, 5) is 56.3. The Hall–Kier alpha value is -4.56. The molecular weight excluding hydrogens is 630 g/mol. The molecule has 0 bridgehead atoms. The lowest BCUT2D eigenvalue weighted by molar-refractivity contribution is -0.144. The maximum absolute atomic E-state index is 14.4. The number of hydrogen-bond acceptors (Lipinski definition) is 8. The number of amides is 4. The molecule has 1 saturated heterocycles. The van der Waals surface area contributed by atoms with E-state index in [2.05, 4.69) is 10.2 Å². The van der Waals surface area contributed by atoms with E-state index in [1.807, 2.05) is 18.2 Å². The molecule has 1 aliphatic carbocycles. The van der Waals surface area contributed by atoms with Gasteiger partial charge in [-0.3, -0.25) is 4.90 Å². The Morgan fingerprint density at radius 2 is 1.73 bits per heavy atom. The number of esters is 1. The highest BCUT2D eigenvalue weighted by Crippen LogP contribution is 2.41. The number of rotatable bonds is 10. The van der Waals surface area contributed by atoms with Gasteiger partial charge in [0.15, 0.2) is 17.7 Å². The lowest BCUT2D eigenvalue weighted by Gasteiger charge is -2.50. The quantitative estimate of drug-likeness (QED) is 0.352. The summed E-state index contributed by atoms with van der Waals surface area (Å²) in [5, 5.41) is 11.8. The second-order valence-electron chi connectivity index (χ2n) is 12.3. The predicted molar refractivity (Wildman–Crippen MR) is 168 cm³/mol. The van der Waals surface area contributed by atoms with E-state index in [0.29, 0.717) is 18.8 Å². The number of benzene rings is 2. The number of urea groups is 2. The van der Waals surface area contributed by atoms with Crippen LogP contribution in [0.2, 0.25) is 0 Å². The molecule has 4 amide bonds. The van der Waals surface area contributed by atoms with Gasteiger partial charge in [-0.05, 0) is 67.9 Å². The summed E-state index contributed by atoms with van der Waals surface area (Å²) in [6.07, 6.45) is 2.62. The first kappa shape index (κ1) is 34.8. The summed E-state index contributed by atoms with van der Waals surface area (Å²) in [5.41, 5.74) is 0.922. The van der Waals surface area contributed by atoms with Gasteiger partial charge < -0.3 is 29.5 Å². The number of carbonyl (C=O) groups excluding carboxylic acids is 3. The van der Waals surface area contributed by atoms with Crippen LogP contribution in [0.25, 0.3) is 0 Å². The van der Waals surface area contributed by atoms with Crippen molar-refractivity contribution in [2.75, 3.05) is 41.0 Å². The summed E-state index contributed by atoms with van der Waals surface area (Å²) in [6, 6.07) is 7.54. The van der Waals surface area contributed by atoms with Gasteiger partial charge in [0.1, 0.15) is 11.8 Å². The van der Waals surface area contributed by atoms with Crippen molar-refractivity contribution in [3.8, 4) is 5.75 Å². The zero-order valence-corrected chi connectivity index (χ0v) is 27.3. The number of para-hydroxylation sites is 1. The molecule has 2 N–H and O–H groups in total. The number of methoxy groups -OCH3 is 2. The predicted octanol–water partition coefficient (Wildman–Crippen LogP) is 4.42. The minimum Gasteiger partial charge on any atom is -0.479 e. The fourth-order valence-electron chi connectivity index (χ4n) is 6.74. The molecule has 48 heavy (non-hydrogen) atoms. The number of ether oxygens (including phenoxy) is 3. The number of likely N-dealkylation sites (N-methyl/N-ethyl adjacent to an activating group) is 1. The van der Waals surface area contributed by atoms with E-state index >= 15 is 0 Å². The first-order chi connectivity index (χ1) is 22.9. The number of likely N-dealkylation sites (tertiary alicyclic amines) is 1. The lowest BCUT2D eigenvalue weighted by Crippen LogP contribution is -2.65. The normalized spacial score (nSPS) is 22.4. The molecule has 14 heteroatoms. The Labute approximate surface area is 277 Å². The van der Waals surface area contributed by atoms with E-state index in [0.717, 1.165) is 55.4 Å². The number of hydrogen-bond donors (Lipinski definition) is 2. The highest BCUT2D eigenvalue weighted by atomic mass is 19.2. The number of nitrogens with one attached hydrogen (secondary N) is 1. The van der Waals surface area contributed by atoms with Gasteiger partial charge in [-0.25, -0.2) is 32.9 Å². The third-order valence-corrected chi connectivity index (χ3v) is 9.46. The van der Waals surface area contributed by atoms with Crippen molar-refractivity contribution in [3.05, 3.63) is 76.5 Å². The number of nitrogens with zero attached hydrogens (tertiary/aromatic N) is 3. The standard InChI is InChI=1S/C34H40F2N4O8/c1-19(31(41)42)48-28-8-6-5-7-24(28)20-9-12-22(13-10-20)39-16-23(17-39)38(2)34(45)40-30(21-11-14-25(35)26(36)15-21)29(32(43)47-4)27(18-46-3)37-33(40)44/h5-8,11,14-15,19-20,22-23,30H,9-10,12-13,16-18H2,1-4H3,(H,37,44)(H,41,42)/t19?,20?,22?,30-/m0/s1. The zero-order chi connectivity index (χ0) is 34.7. The van der Waals surface area contributed by atoms with Crippen molar-refractivity contribution < 1.29 is 47.3 Å². The van der Waals surface area contributed by atoms with E-state index in [9.17, 15) is 33.1 Å². The summed E-state index contributed by atoms with van der Waals surface area (Å²) in [5.74, 6) is -3.40. The zero-order valence-electron chi connectivity index (χ0n) is 27.3. The number of carboxylic acid groups (broad SMARTS) is 1. The molecule has 3 aliphatic rings. The number of aliphatic carboxylic acids is 1. The Kier molecular flexibility index (Phi) is 10.6. The van der Waals surface area contributed by atoms with Gasteiger partial charge in [-0.2, -0.15) is 0 Å². The molecule has 0 radical (unpaired) electrons. The maximum Gasteiger partial charge on any atom is 0.344 e. The minimum absolute atomic E-state index is 0.0101. The Morgan fingerprint density at radius 1 is 1.04 bits per heavy atom. The van der Waals surface area contributed by atoms with E-state index in [1.165, 1.54) is 25.0 Å². The van der Waals surface area contributed by atoms with Crippen LogP contribution in [-0.4, -0.2) is 103 Å². The molecule has 1 saturated carbocycles. The molecule has 5 rings (SSSR count). The van der Waals surface area contributed by atoms with Crippen molar-refractivity contribution in [1.29, 1.82) is 0 Å². The average molecular weight is 671 g/mol. The SMILES string of the molecule is COCC1=C(C(=O)OC)[C@H](c2ccc(F)c(F)c2)N(C(=O)N(C)C2CN(C3CCC(c4ccccc4OC(C)C(=O)O)CC3)C2)C(=O)N1. The van der Waals surface area contributed by atoms with Crippen molar-refractivity contribution in [2.45, 2.75) is 62.8 Å². The topological polar surface area (TPSA) is 138 Å². The average Bonchev–Trinajstić information content (AvgIpc) is 3.05. The second kappa shape index (κ2) is 14.7. The fourth-order valence-corrected chi connectivity index (χ4v) is 6.74. The third kappa shape index (κ3) is 6.99. The van der Waals surface area contributed by atoms with Crippen molar-refractivity contribution in [2.24, 2.45) is 0 Å². The van der Waals surface area contributed by atoms with Gasteiger partial charge in [-0.1, -0.05) is 24.3 Å². The molecule has 2 atom stereocenters. The van der Waals surface area contributed by atoms with Crippen LogP contribution in [0.3, 0.4) is 0 Å². The first-order valence-electron chi connectivity index (χ1n) is 15.8. The van der Waals surface area contributed by atoms with Gasteiger partial charge in [0.25, 0.3) is 0 Å². The van der Waals surface area contributed by atoms with Crippen LogP contribution < -0.4 is 10.1 Å². The lowest BCUT2D eigenvalue weighted by atomic mass is 9.80. The van der Waals surface area contributed by atoms with Crippen LogP contribution >= 0.6 is 0 Å². The summed E-state index contributed by atoms with van der Waals surface area (Å²) in [7, 11) is 4.06. The molecule has 2 heterocycles. The molecular formula is C34H40F2N4O8. The molecule has 2 aromatic rings. The van der Waals surface area contributed by atoms with Gasteiger partial charge in [0.2, 0.25) is 0 Å². The Balaban J connectivity index is 1.27. The summed E-state index contributed by atoms with van der Waals surface area (Å²) < 4.78 is 44.2. The molecule has 258 valence electrons. The monoisotopic (exact) mass is 670 g/mol. The summed E-state index contributed by atoms with van der Waals surface area (Å²) >= 11 is 0. The van der Waals surface area contributed by atoms with Crippen LogP contribution in [0.1, 0.15) is 55.7 Å². The number of halogens is 2. The van der Waals surface area contributed by atoms with E-state index in [-0.39, 0.29) is 41.4 Å². The number of imide groups is 1. The Bertz CT molecular complexity index is 1590. The molecule has 0 spiro atoms. The molecule has 2 aliphatic heterocycles. The van der Waals surface area contributed by atoms with Gasteiger partial charge in [-0.15, -0.1) is 0 Å². The molecule has 2 aromatic carbocycles. The van der Waals surface area contributed by atoms with Crippen molar-refractivity contribution >= 4 is 24.0 Å². The maximum atomic E-state index is 14.4. The van der Waals surface area contributed by atoms with E-state index in [4.69, 9.17) is 14.2 Å². The highest BCUT2D eigenvalue weighted by Gasteiger charge is 2.46. The van der Waals surface area contributed by atoms with Gasteiger partial charge in [0.05, 0.1) is 31.0 Å². The van der Waals surface area contributed by atoms with Crippen LogP contribution in [0.5, 0.6) is 5.75 Å². The van der Waals surface area contributed by atoms with Crippen molar-refractivity contribution in [3.63, 3.8) is 0 Å². The van der Waals surface area contributed by atoms with Gasteiger partial charge >= 0.3 is 24.0 Å². The van der Waals surface area contributed by atoms with Crippen LogP contribution in [0.4, 0.5) is 18.4 Å². The van der Waals surface area contributed by atoms with E-state index in [1.54, 1.807) is 13.1 Å². The Morgan fingerprint density at radius 3 is 2.35 bits per heavy atom. The van der Waals surface area contributed by atoms with Crippen LogP contribution in [0, 0.1) is 11.6 Å². The van der Waals surface area contributed by atoms with Crippen LogP contribution in [0.15, 0.2) is 53.7 Å². The molecule has 1 unspecified atom stereocenters.